The molecule has 3 nitrogen and oxygen atoms in total. The molecular weight excluding hydrogens is 417 g/mol. The van der Waals surface area contributed by atoms with Crippen molar-refractivity contribution in [2.75, 3.05) is 5.73 Å². The van der Waals surface area contributed by atoms with Gasteiger partial charge in [0.2, 0.25) is 0 Å². The van der Waals surface area contributed by atoms with Crippen LogP contribution < -0.4 is 5.73 Å². The Hall–Kier alpha value is -0.690. The van der Waals surface area contributed by atoms with Gasteiger partial charge < -0.3 is 5.73 Å². The molecule has 0 bridgehead atoms. The van der Waals surface area contributed by atoms with Crippen molar-refractivity contribution in [3.63, 3.8) is 0 Å². The predicted octanol–water partition coefficient (Wildman–Crippen LogP) is 3.97. The van der Waals surface area contributed by atoms with E-state index in [4.69, 9.17) is 5.73 Å². The van der Waals surface area contributed by atoms with Gasteiger partial charge in [-0.25, -0.2) is 9.97 Å². The summed E-state index contributed by atoms with van der Waals surface area (Å²) in [4.78, 5) is 9.02. The molecular formula is C14H15BrIN3. The first kappa shape index (κ1) is 14.7. The van der Waals surface area contributed by atoms with Gasteiger partial charge in [0.1, 0.15) is 11.6 Å². The van der Waals surface area contributed by atoms with E-state index in [1.807, 2.05) is 12.1 Å². The van der Waals surface area contributed by atoms with E-state index in [1.54, 1.807) is 0 Å². The minimum Gasteiger partial charge on any atom is -0.383 e. The Balaban J connectivity index is 2.30. The molecule has 0 aliphatic carbocycles. The lowest BCUT2D eigenvalue weighted by Crippen LogP contribution is -2.08. The second kappa shape index (κ2) is 6.65. The van der Waals surface area contributed by atoms with Crippen molar-refractivity contribution >= 4 is 44.3 Å². The number of halogens is 2. The van der Waals surface area contributed by atoms with E-state index in [0.717, 1.165) is 32.4 Å². The van der Waals surface area contributed by atoms with Gasteiger partial charge in [-0.3, -0.25) is 0 Å². The fourth-order valence-corrected chi connectivity index (χ4v) is 2.83. The topological polar surface area (TPSA) is 51.8 Å². The summed E-state index contributed by atoms with van der Waals surface area (Å²) in [6, 6.07) is 8.18. The Kier molecular flexibility index (Phi) is 5.15. The third-order valence-corrected chi connectivity index (χ3v) is 4.40. The lowest BCUT2D eigenvalue weighted by atomic mass is 10.1. The fourth-order valence-electron chi connectivity index (χ4n) is 1.88. The number of nitrogens with zero attached hydrogens (tertiary/aromatic N) is 2. The average Bonchev–Trinajstić information content (AvgIpc) is 2.35. The summed E-state index contributed by atoms with van der Waals surface area (Å²) in [6.45, 7) is 2.14. The molecule has 0 unspecified atom stereocenters. The molecule has 2 aromatic rings. The number of hydrogen-bond donors (Lipinski definition) is 1. The van der Waals surface area contributed by atoms with Gasteiger partial charge in [0, 0.05) is 10.9 Å². The van der Waals surface area contributed by atoms with E-state index in [9.17, 15) is 0 Å². The number of nitrogen functional groups attached to an aromatic ring is 1. The Morgan fingerprint density at radius 3 is 2.79 bits per heavy atom. The molecule has 0 aliphatic rings. The molecule has 5 heteroatoms. The zero-order valence-electron chi connectivity index (χ0n) is 10.7. The predicted molar refractivity (Wildman–Crippen MR) is 90.1 cm³/mol. The molecule has 2 N–H and O–H groups in total. The maximum Gasteiger partial charge on any atom is 0.140 e. The van der Waals surface area contributed by atoms with E-state index in [2.05, 4.69) is 67.5 Å². The summed E-state index contributed by atoms with van der Waals surface area (Å²) < 4.78 is 2.05. The van der Waals surface area contributed by atoms with Gasteiger partial charge in [-0.05, 0) is 46.7 Å². The van der Waals surface area contributed by atoms with E-state index < -0.39 is 0 Å². The first-order chi connectivity index (χ1) is 9.10. The molecule has 1 heterocycles. The lowest BCUT2D eigenvalue weighted by Gasteiger charge is -2.08. The van der Waals surface area contributed by atoms with Crippen LogP contribution in [-0.2, 0) is 12.8 Å². The number of benzene rings is 1. The second-order valence-electron chi connectivity index (χ2n) is 4.34. The molecule has 0 saturated carbocycles. The molecule has 0 amide bonds. The third-order valence-electron chi connectivity index (χ3n) is 2.73. The zero-order chi connectivity index (χ0) is 13.8. The molecule has 0 radical (unpaired) electrons. The van der Waals surface area contributed by atoms with E-state index in [-0.39, 0.29) is 0 Å². The Morgan fingerprint density at radius 2 is 2.11 bits per heavy atom. The van der Waals surface area contributed by atoms with E-state index in [1.165, 1.54) is 5.56 Å². The quantitative estimate of drug-likeness (QED) is 0.745. The van der Waals surface area contributed by atoms with Crippen LogP contribution in [0.15, 0.2) is 28.7 Å². The Labute approximate surface area is 135 Å². The van der Waals surface area contributed by atoms with Crippen LogP contribution in [0.25, 0.3) is 0 Å². The van der Waals surface area contributed by atoms with Gasteiger partial charge in [0.15, 0.2) is 0 Å². The van der Waals surface area contributed by atoms with Gasteiger partial charge in [-0.2, -0.15) is 0 Å². The van der Waals surface area contributed by atoms with Crippen molar-refractivity contribution in [2.24, 2.45) is 0 Å². The molecule has 0 aliphatic heterocycles. The highest BCUT2D eigenvalue weighted by Gasteiger charge is 2.10. The van der Waals surface area contributed by atoms with Gasteiger partial charge in [0.05, 0.1) is 9.26 Å². The van der Waals surface area contributed by atoms with Crippen molar-refractivity contribution < 1.29 is 0 Å². The highest BCUT2D eigenvalue weighted by atomic mass is 127. The summed E-state index contributed by atoms with van der Waals surface area (Å²) in [6.07, 6.45) is 2.70. The summed E-state index contributed by atoms with van der Waals surface area (Å²) in [5, 5.41) is 0. The standard InChI is InChI=1S/C14H15BrIN3/c1-2-4-11-13(16)14(17)19-12(18-11)8-9-5-3-6-10(15)7-9/h3,5-7H,2,4,8H2,1H3,(H2,17,18,19). The summed E-state index contributed by atoms with van der Waals surface area (Å²) in [5.41, 5.74) is 8.20. The minimum atomic E-state index is 0.587. The molecule has 2 rings (SSSR count). The molecule has 100 valence electrons. The van der Waals surface area contributed by atoms with Crippen LogP contribution in [0.3, 0.4) is 0 Å². The lowest BCUT2D eigenvalue weighted by molar-refractivity contribution is 0.836. The van der Waals surface area contributed by atoms with Gasteiger partial charge in [0.25, 0.3) is 0 Å². The minimum absolute atomic E-state index is 0.587. The summed E-state index contributed by atoms with van der Waals surface area (Å²) >= 11 is 5.70. The van der Waals surface area contributed by atoms with Crippen molar-refractivity contribution in [3.05, 3.63) is 49.4 Å². The van der Waals surface area contributed by atoms with E-state index in [0.29, 0.717) is 12.2 Å². The molecule has 1 aromatic heterocycles. The number of aryl methyl sites for hydroxylation is 1. The van der Waals surface area contributed by atoms with Gasteiger partial charge in [-0.15, -0.1) is 0 Å². The van der Waals surface area contributed by atoms with Crippen LogP contribution in [0.4, 0.5) is 5.82 Å². The fraction of sp³-hybridized carbons (Fsp3) is 0.286. The highest BCUT2D eigenvalue weighted by molar-refractivity contribution is 14.1. The van der Waals surface area contributed by atoms with Crippen LogP contribution in [0.5, 0.6) is 0 Å². The normalized spacial score (nSPS) is 10.7. The molecule has 0 fully saturated rings. The highest BCUT2D eigenvalue weighted by Crippen LogP contribution is 2.20. The third kappa shape index (κ3) is 3.89. The maximum absolute atomic E-state index is 5.97. The van der Waals surface area contributed by atoms with Crippen LogP contribution in [0.2, 0.25) is 0 Å². The van der Waals surface area contributed by atoms with Crippen molar-refractivity contribution in [2.45, 2.75) is 26.2 Å². The first-order valence-electron chi connectivity index (χ1n) is 6.15. The number of hydrogen-bond acceptors (Lipinski definition) is 3. The largest absolute Gasteiger partial charge is 0.383 e. The molecule has 0 saturated heterocycles. The summed E-state index contributed by atoms with van der Waals surface area (Å²) in [7, 11) is 0. The second-order valence-corrected chi connectivity index (χ2v) is 6.34. The van der Waals surface area contributed by atoms with Crippen LogP contribution in [-0.4, -0.2) is 9.97 Å². The van der Waals surface area contributed by atoms with Crippen molar-refractivity contribution in [1.82, 2.24) is 9.97 Å². The zero-order valence-corrected chi connectivity index (χ0v) is 14.4. The SMILES string of the molecule is CCCc1nc(Cc2cccc(Br)c2)nc(N)c1I. The smallest absolute Gasteiger partial charge is 0.140 e. The first-order valence-corrected chi connectivity index (χ1v) is 8.02. The van der Waals surface area contributed by atoms with Crippen LogP contribution in [0, 0.1) is 3.57 Å². The number of nitrogens with two attached hydrogens (primary N) is 1. The number of rotatable bonds is 4. The molecule has 1 aromatic carbocycles. The van der Waals surface area contributed by atoms with Gasteiger partial charge >= 0.3 is 0 Å². The van der Waals surface area contributed by atoms with Gasteiger partial charge in [-0.1, -0.05) is 41.4 Å². The van der Waals surface area contributed by atoms with Crippen LogP contribution in [0.1, 0.15) is 30.4 Å². The molecule has 0 atom stereocenters. The number of anilines is 1. The maximum atomic E-state index is 5.97. The molecule has 19 heavy (non-hydrogen) atoms. The van der Waals surface area contributed by atoms with Crippen molar-refractivity contribution in [3.8, 4) is 0 Å². The summed E-state index contributed by atoms with van der Waals surface area (Å²) in [5.74, 6) is 1.38. The molecule has 0 spiro atoms. The Morgan fingerprint density at radius 1 is 1.32 bits per heavy atom. The van der Waals surface area contributed by atoms with Crippen molar-refractivity contribution in [1.29, 1.82) is 0 Å². The monoisotopic (exact) mass is 431 g/mol. The average molecular weight is 432 g/mol. The Bertz CT molecular complexity index is 587. The van der Waals surface area contributed by atoms with Crippen LogP contribution >= 0.6 is 38.5 Å². The van der Waals surface area contributed by atoms with E-state index >= 15 is 0 Å². The number of aromatic nitrogens is 2.